The summed E-state index contributed by atoms with van der Waals surface area (Å²) in [5, 5.41) is 4.65. The van der Waals surface area contributed by atoms with Crippen LogP contribution in [0.2, 0.25) is 0 Å². The molecular weight excluding hydrogens is 250 g/mol. The Balaban J connectivity index is 1.59. The molecule has 5 heteroatoms. The van der Waals surface area contributed by atoms with Crippen LogP contribution in [0.15, 0.2) is 0 Å². The largest absolute Gasteiger partial charge is 0.310 e. The number of fused-ring (bicyclic) bond motifs is 1. The Morgan fingerprint density at radius 3 is 2.65 bits per heavy atom. The number of likely N-dealkylation sites (tertiary alicyclic amines) is 1. The van der Waals surface area contributed by atoms with Crippen LogP contribution < -0.4 is 5.73 Å². The topological polar surface area (TPSA) is 60.0 Å². The number of aryl methyl sites for hydroxylation is 1. The summed E-state index contributed by atoms with van der Waals surface area (Å²) in [6.45, 7) is 7.00. The third-order valence-electron chi connectivity index (χ3n) is 4.81. The number of piperidine rings is 1. The average Bonchev–Trinajstić information content (AvgIpc) is 2.83. The molecule has 0 spiro atoms. The Morgan fingerprint density at radius 1 is 1.25 bits per heavy atom. The van der Waals surface area contributed by atoms with Gasteiger partial charge >= 0.3 is 0 Å². The fourth-order valence-electron chi connectivity index (χ4n) is 3.45. The molecule has 0 aromatic carbocycles. The monoisotopic (exact) mass is 277 g/mol. The Hall–Kier alpha value is -0.940. The van der Waals surface area contributed by atoms with Crippen molar-refractivity contribution in [1.82, 2.24) is 19.7 Å². The first-order valence-electron chi connectivity index (χ1n) is 8.07. The standard InChI is InChI=1S/C15H27N5/c1-11(2)19-8-6-12(7-9-19)10-14-17-15-5-3-4-13(16)20(15)18-14/h11-13H,3-10,16H2,1-2H3. The van der Waals surface area contributed by atoms with Gasteiger partial charge in [-0.15, -0.1) is 0 Å². The minimum Gasteiger partial charge on any atom is -0.310 e. The van der Waals surface area contributed by atoms with Crippen molar-refractivity contribution in [1.29, 1.82) is 0 Å². The molecule has 0 amide bonds. The predicted molar refractivity (Wildman–Crippen MR) is 79.3 cm³/mol. The van der Waals surface area contributed by atoms with Gasteiger partial charge in [0.25, 0.3) is 0 Å². The summed E-state index contributed by atoms with van der Waals surface area (Å²) in [5.41, 5.74) is 6.10. The summed E-state index contributed by atoms with van der Waals surface area (Å²) < 4.78 is 1.96. The van der Waals surface area contributed by atoms with Gasteiger partial charge < -0.3 is 10.6 Å². The summed E-state index contributed by atoms with van der Waals surface area (Å²) in [5.74, 6) is 2.85. The third-order valence-corrected chi connectivity index (χ3v) is 4.81. The van der Waals surface area contributed by atoms with E-state index in [9.17, 15) is 0 Å². The van der Waals surface area contributed by atoms with Crippen molar-refractivity contribution in [3.05, 3.63) is 11.6 Å². The molecule has 0 bridgehead atoms. The molecular formula is C15H27N5. The van der Waals surface area contributed by atoms with Gasteiger partial charge in [0.2, 0.25) is 0 Å². The molecule has 0 aliphatic carbocycles. The quantitative estimate of drug-likeness (QED) is 0.914. The maximum absolute atomic E-state index is 6.10. The number of nitrogens with two attached hydrogens (primary N) is 1. The first-order valence-corrected chi connectivity index (χ1v) is 8.07. The lowest BCUT2D eigenvalue weighted by molar-refractivity contribution is 0.148. The Kier molecular flexibility index (Phi) is 4.08. The van der Waals surface area contributed by atoms with Crippen molar-refractivity contribution < 1.29 is 0 Å². The van der Waals surface area contributed by atoms with Crippen LogP contribution in [0.4, 0.5) is 0 Å². The van der Waals surface area contributed by atoms with Crippen molar-refractivity contribution in [2.75, 3.05) is 13.1 Å². The SMILES string of the molecule is CC(C)N1CCC(Cc2nc3n(n2)C(N)CCC3)CC1. The van der Waals surface area contributed by atoms with Gasteiger partial charge in [0.15, 0.2) is 5.82 Å². The van der Waals surface area contributed by atoms with E-state index < -0.39 is 0 Å². The minimum absolute atomic E-state index is 0.0442. The minimum atomic E-state index is 0.0442. The van der Waals surface area contributed by atoms with Crippen LogP contribution >= 0.6 is 0 Å². The van der Waals surface area contributed by atoms with Gasteiger partial charge in [-0.05, 0) is 58.5 Å². The van der Waals surface area contributed by atoms with Crippen LogP contribution in [0.25, 0.3) is 0 Å². The second-order valence-electron chi connectivity index (χ2n) is 6.63. The molecule has 20 heavy (non-hydrogen) atoms. The number of nitrogens with zero attached hydrogens (tertiary/aromatic N) is 4. The second kappa shape index (κ2) is 5.82. The van der Waals surface area contributed by atoms with E-state index in [0.717, 1.165) is 43.3 Å². The molecule has 2 aliphatic rings. The van der Waals surface area contributed by atoms with E-state index in [-0.39, 0.29) is 6.17 Å². The van der Waals surface area contributed by atoms with Crippen LogP contribution in [-0.2, 0) is 12.8 Å². The van der Waals surface area contributed by atoms with Gasteiger partial charge in [-0.2, -0.15) is 5.10 Å². The van der Waals surface area contributed by atoms with E-state index in [0.29, 0.717) is 6.04 Å². The van der Waals surface area contributed by atoms with Crippen LogP contribution in [0.5, 0.6) is 0 Å². The fourth-order valence-corrected chi connectivity index (χ4v) is 3.45. The van der Waals surface area contributed by atoms with E-state index in [2.05, 4.69) is 23.8 Å². The lowest BCUT2D eigenvalue weighted by atomic mass is 9.93. The van der Waals surface area contributed by atoms with Crippen molar-refractivity contribution >= 4 is 0 Å². The van der Waals surface area contributed by atoms with Gasteiger partial charge in [0, 0.05) is 18.9 Å². The molecule has 112 valence electrons. The van der Waals surface area contributed by atoms with Gasteiger partial charge in [-0.1, -0.05) is 0 Å². The van der Waals surface area contributed by atoms with Crippen LogP contribution in [-0.4, -0.2) is 38.8 Å². The van der Waals surface area contributed by atoms with Crippen LogP contribution in [0.3, 0.4) is 0 Å². The molecule has 5 nitrogen and oxygen atoms in total. The van der Waals surface area contributed by atoms with Crippen molar-refractivity contribution in [3.63, 3.8) is 0 Å². The van der Waals surface area contributed by atoms with E-state index in [4.69, 9.17) is 10.7 Å². The third kappa shape index (κ3) is 2.88. The van der Waals surface area contributed by atoms with Crippen LogP contribution in [0.1, 0.15) is 57.3 Å². The summed E-state index contributed by atoms with van der Waals surface area (Å²) in [6, 6.07) is 0.673. The van der Waals surface area contributed by atoms with Gasteiger partial charge in [-0.3, -0.25) is 0 Å². The summed E-state index contributed by atoms with van der Waals surface area (Å²) in [7, 11) is 0. The zero-order valence-corrected chi connectivity index (χ0v) is 12.8. The first kappa shape index (κ1) is 14.0. The lowest BCUT2D eigenvalue weighted by Crippen LogP contribution is -2.38. The molecule has 2 aliphatic heterocycles. The molecule has 3 heterocycles. The molecule has 2 N–H and O–H groups in total. The van der Waals surface area contributed by atoms with Gasteiger partial charge in [-0.25, -0.2) is 9.67 Å². The number of hydrogen-bond donors (Lipinski definition) is 1. The molecule has 1 saturated heterocycles. The van der Waals surface area contributed by atoms with Crippen molar-refractivity contribution in [2.45, 2.75) is 64.6 Å². The van der Waals surface area contributed by atoms with Crippen molar-refractivity contribution in [3.8, 4) is 0 Å². The van der Waals surface area contributed by atoms with Crippen molar-refractivity contribution in [2.24, 2.45) is 11.7 Å². The van der Waals surface area contributed by atoms with Gasteiger partial charge in [0.1, 0.15) is 12.0 Å². The molecule has 1 unspecified atom stereocenters. The fraction of sp³-hybridized carbons (Fsp3) is 0.867. The highest BCUT2D eigenvalue weighted by Gasteiger charge is 2.24. The highest BCUT2D eigenvalue weighted by Crippen LogP contribution is 2.24. The Bertz CT molecular complexity index is 445. The molecule has 3 rings (SSSR count). The van der Waals surface area contributed by atoms with Gasteiger partial charge in [0.05, 0.1) is 0 Å². The second-order valence-corrected chi connectivity index (χ2v) is 6.63. The zero-order chi connectivity index (χ0) is 14.1. The molecule has 1 aromatic rings. The number of aromatic nitrogens is 3. The maximum atomic E-state index is 6.10. The van der Waals surface area contributed by atoms with E-state index in [1.807, 2.05) is 4.68 Å². The highest BCUT2D eigenvalue weighted by molar-refractivity contribution is 4.99. The smallest absolute Gasteiger partial charge is 0.151 e. The predicted octanol–water partition coefficient (Wildman–Crippen LogP) is 1.73. The highest BCUT2D eigenvalue weighted by atomic mass is 15.4. The molecule has 1 atom stereocenters. The Morgan fingerprint density at radius 2 is 2.00 bits per heavy atom. The maximum Gasteiger partial charge on any atom is 0.151 e. The average molecular weight is 277 g/mol. The van der Waals surface area contributed by atoms with E-state index in [1.54, 1.807) is 0 Å². The lowest BCUT2D eigenvalue weighted by Gasteiger charge is -2.34. The zero-order valence-electron chi connectivity index (χ0n) is 12.8. The number of rotatable bonds is 3. The van der Waals surface area contributed by atoms with E-state index in [1.165, 1.54) is 25.9 Å². The molecule has 1 fully saturated rings. The first-order chi connectivity index (χ1) is 9.63. The van der Waals surface area contributed by atoms with E-state index >= 15 is 0 Å². The normalized spacial score (nSPS) is 25.1. The molecule has 0 radical (unpaired) electrons. The molecule has 0 saturated carbocycles. The Labute approximate surface area is 121 Å². The molecule has 1 aromatic heterocycles. The number of hydrogen-bond acceptors (Lipinski definition) is 4. The summed E-state index contributed by atoms with van der Waals surface area (Å²) in [4.78, 5) is 7.28. The summed E-state index contributed by atoms with van der Waals surface area (Å²) in [6.07, 6.45) is 6.82. The van der Waals surface area contributed by atoms with Crippen LogP contribution in [0, 0.1) is 5.92 Å². The summed E-state index contributed by atoms with van der Waals surface area (Å²) >= 11 is 0.